The van der Waals surface area contributed by atoms with Gasteiger partial charge in [0.25, 0.3) is 0 Å². The fourth-order valence-corrected chi connectivity index (χ4v) is 2.03. The summed E-state index contributed by atoms with van der Waals surface area (Å²) in [5.74, 6) is -0.0414. The van der Waals surface area contributed by atoms with E-state index in [2.05, 4.69) is 20.0 Å². The molecule has 100 valence electrons. The Morgan fingerprint density at radius 2 is 2.33 bits per heavy atom. The maximum absolute atomic E-state index is 11.3. The first-order valence-corrected chi connectivity index (χ1v) is 6.71. The van der Waals surface area contributed by atoms with E-state index in [9.17, 15) is 9.90 Å². The first-order valence-electron chi connectivity index (χ1n) is 5.43. The summed E-state index contributed by atoms with van der Waals surface area (Å²) in [5, 5.41) is 12.3. The molecule has 6 nitrogen and oxygen atoms in total. The van der Waals surface area contributed by atoms with Crippen molar-refractivity contribution in [3.8, 4) is 0 Å². The number of ether oxygens (including phenoxy) is 1. The molecule has 0 saturated carbocycles. The van der Waals surface area contributed by atoms with Gasteiger partial charge in [-0.2, -0.15) is 11.8 Å². The Morgan fingerprint density at radius 1 is 1.61 bits per heavy atom. The van der Waals surface area contributed by atoms with Gasteiger partial charge in [-0.15, -0.1) is 0 Å². The van der Waals surface area contributed by atoms with E-state index < -0.39 is 5.97 Å². The first kappa shape index (κ1) is 14.7. The van der Waals surface area contributed by atoms with Gasteiger partial charge < -0.3 is 15.2 Å². The van der Waals surface area contributed by atoms with Crippen LogP contribution in [0.5, 0.6) is 0 Å². The number of nitrogens with one attached hydrogen (secondary N) is 1. The van der Waals surface area contributed by atoms with Crippen molar-refractivity contribution in [2.24, 2.45) is 0 Å². The molecular formula is C11H17N3O3S. The molecule has 0 radical (unpaired) electrons. The Bertz CT molecular complexity index is 399. The summed E-state index contributed by atoms with van der Waals surface area (Å²) in [5.41, 5.74) is 0.152. The second kappa shape index (κ2) is 7.17. The zero-order valence-electron chi connectivity index (χ0n) is 10.6. The van der Waals surface area contributed by atoms with E-state index >= 15 is 0 Å². The highest BCUT2D eigenvalue weighted by Gasteiger charge is 2.16. The van der Waals surface area contributed by atoms with Crippen molar-refractivity contribution in [3.63, 3.8) is 0 Å². The summed E-state index contributed by atoms with van der Waals surface area (Å²) < 4.78 is 4.57. The average molecular weight is 271 g/mol. The molecule has 0 aliphatic heterocycles. The maximum atomic E-state index is 11.3. The van der Waals surface area contributed by atoms with Crippen LogP contribution in [0.4, 0.5) is 5.82 Å². The minimum Gasteiger partial charge on any atom is -0.464 e. The highest BCUT2D eigenvalue weighted by molar-refractivity contribution is 7.99. The summed E-state index contributed by atoms with van der Waals surface area (Å²) in [7, 11) is 1.29. The van der Waals surface area contributed by atoms with Gasteiger partial charge in [-0.25, -0.2) is 9.78 Å². The number of carbonyl (C=O) groups excluding carboxylic acids is 1. The molecule has 0 aromatic carbocycles. The number of hydrogen-bond donors (Lipinski definition) is 2. The standard InChI is InChI=1S/C11H17N3O3S/c1-7(9(6-15)18-3)13-10-5-12-4-8(14-10)11(16)17-2/h4-5,7,9,15H,6H2,1-3H3,(H,13,14). The van der Waals surface area contributed by atoms with E-state index in [1.807, 2.05) is 13.2 Å². The van der Waals surface area contributed by atoms with Crippen LogP contribution in [-0.2, 0) is 4.74 Å². The number of esters is 1. The lowest BCUT2D eigenvalue weighted by Gasteiger charge is -2.21. The number of aliphatic hydroxyl groups excluding tert-OH is 1. The van der Waals surface area contributed by atoms with Gasteiger partial charge in [-0.05, 0) is 13.2 Å². The molecule has 1 heterocycles. The minimum atomic E-state index is -0.526. The molecule has 7 heteroatoms. The molecule has 18 heavy (non-hydrogen) atoms. The quantitative estimate of drug-likeness (QED) is 0.740. The third-order valence-corrected chi connectivity index (χ3v) is 3.61. The molecule has 0 aliphatic carbocycles. The molecule has 2 N–H and O–H groups in total. The Hall–Kier alpha value is -1.34. The van der Waals surface area contributed by atoms with Crippen molar-refractivity contribution >= 4 is 23.5 Å². The van der Waals surface area contributed by atoms with Gasteiger partial charge in [0, 0.05) is 11.3 Å². The third kappa shape index (κ3) is 3.85. The monoisotopic (exact) mass is 271 g/mol. The van der Waals surface area contributed by atoms with Crippen LogP contribution < -0.4 is 5.32 Å². The average Bonchev–Trinajstić information content (AvgIpc) is 2.39. The van der Waals surface area contributed by atoms with E-state index in [0.717, 1.165) is 0 Å². The van der Waals surface area contributed by atoms with E-state index in [0.29, 0.717) is 5.82 Å². The van der Waals surface area contributed by atoms with Gasteiger partial charge in [-0.3, -0.25) is 4.98 Å². The van der Waals surface area contributed by atoms with E-state index in [-0.39, 0.29) is 23.6 Å². The van der Waals surface area contributed by atoms with E-state index in [1.165, 1.54) is 19.5 Å². The van der Waals surface area contributed by atoms with Crippen LogP contribution in [0, 0.1) is 0 Å². The van der Waals surface area contributed by atoms with Crippen molar-refractivity contribution in [2.75, 3.05) is 25.3 Å². The van der Waals surface area contributed by atoms with Crippen molar-refractivity contribution in [1.82, 2.24) is 9.97 Å². The highest BCUT2D eigenvalue weighted by Crippen LogP contribution is 2.14. The number of nitrogens with zero attached hydrogens (tertiary/aromatic N) is 2. The molecule has 2 atom stereocenters. The number of thioether (sulfide) groups is 1. The third-order valence-electron chi connectivity index (χ3n) is 2.45. The van der Waals surface area contributed by atoms with Gasteiger partial charge in [-0.1, -0.05) is 0 Å². The van der Waals surface area contributed by atoms with Gasteiger partial charge in [0.05, 0.1) is 26.1 Å². The Morgan fingerprint density at radius 3 is 2.89 bits per heavy atom. The molecular weight excluding hydrogens is 254 g/mol. The molecule has 1 aromatic rings. The Labute approximate surface area is 110 Å². The second-order valence-electron chi connectivity index (χ2n) is 3.67. The minimum absolute atomic E-state index is 0.00666. The molecule has 0 bridgehead atoms. The smallest absolute Gasteiger partial charge is 0.358 e. The molecule has 0 aliphatic rings. The largest absolute Gasteiger partial charge is 0.464 e. The van der Waals surface area contributed by atoms with Crippen LogP contribution in [0.15, 0.2) is 12.4 Å². The Kier molecular flexibility index (Phi) is 5.87. The van der Waals surface area contributed by atoms with Crippen molar-refractivity contribution < 1.29 is 14.6 Å². The number of aromatic nitrogens is 2. The molecule has 0 spiro atoms. The fraction of sp³-hybridized carbons (Fsp3) is 0.545. The van der Waals surface area contributed by atoms with Gasteiger partial charge in [0.2, 0.25) is 0 Å². The molecule has 1 aromatic heterocycles. The Balaban J connectivity index is 2.75. The number of rotatable bonds is 6. The summed E-state index contributed by atoms with van der Waals surface area (Å²) in [6.45, 7) is 2.00. The lowest BCUT2D eigenvalue weighted by Crippen LogP contribution is -2.31. The van der Waals surface area contributed by atoms with Gasteiger partial charge >= 0.3 is 5.97 Å². The van der Waals surface area contributed by atoms with Crippen molar-refractivity contribution in [3.05, 3.63) is 18.1 Å². The predicted octanol–water partition coefficient (Wildman–Crippen LogP) is 0.787. The summed E-state index contributed by atoms with van der Waals surface area (Å²) in [6.07, 6.45) is 4.80. The zero-order valence-corrected chi connectivity index (χ0v) is 11.4. The van der Waals surface area contributed by atoms with E-state index in [1.54, 1.807) is 11.8 Å². The number of aliphatic hydroxyl groups is 1. The lowest BCUT2D eigenvalue weighted by atomic mass is 10.2. The van der Waals surface area contributed by atoms with Crippen LogP contribution in [0.25, 0.3) is 0 Å². The number of hydrogen-bond acceptors (Lipinski definition) is 7. The number of methoxy groups -OCH3 is 1. The van der Waals surface area contributed by atoms with Crippen LogP contribution in [0.3, 0.4) is 0 Å². The molecule has 0 fully saturated rings. The molecule has 0 saturated heterocycles. The number of carbonyl (C=O) groups is 1. The van der Waals surface area contributed by atoms with Gasteiger partial charge in [0.1, 0.15) is 5.82 Å². The summed E-state index contributed by atoms with van der Waals surface area (Å²) in [6, 6.07) is 0.00666. The van der Waals surface area contributed by atoms with Gasteiger partial charge in [0.15, 0.2) is 5.69 Å². The lowest BCUT2D eigenvalue weighted by molar-refractivity contribution is 0.0593. The second-order valence-corrected chi connectivity index (χ2v) is 4.75. The molecule has 2 unspecified atom stereocenters. The topological polar surface area (TPSA) is 84.3 Å². The summed E-state index contributed by atoms with van der Waals surface area (Å²) >= 11 is 1.56. The number of anilines is 1. The maximum Gasteiger partial charge on any atom is 0.358 e. The highest BCUT2D eigenvalue weighted by atomic mass is 32.2. The zero-order chi connectivity index (χ0) is 13.5. The van der Waals surface area contributed by atoms with E-state index in [4.69, 9.17) is 0 Å². The van der Waals surface area contributed by atoms with Crippen molar-refractivity contribution in [1.29, 1.82) is 0 Å². The fourth-order valence-electron chi connectivity index (χ4n) is 1.40. The van der Waals surface area contributed by atoms with Crippen LogP contribution in [0.2, 0.25) is 0 Å². The molecule has 0 amide bonds. The summed E-state index contributed by atoms with van der Waals surface area (Å²) in [4.78, 5) is 19.3. The molecule has 1 rings (SSSR count). The van der Waals surface area contributed by atoms with Crippen LogP contribution in [0.1, 0.15) is 17.4 Å². The van der Waals surface area contributed by atoms with Crippen molar-refractivity contribution in [2.45, 2.75) is 18.2 Å². The predicted molar refractivity (Wildman–Crippen MR) is 70.8 cm³/mol. The first-order chi connectivity index (χ1) is 8.62. The van der Waals surface area contributed by atoms with Crippen LogP contribution in [-0.4, -0.2) is 52.3 Å². The van der Waals surface area contributed by atoms with Crippen LogP contribution >= 0.6 is 11.8 Å². The normalized spacial score (nSPS) is 13.8. The SMILES string of the molecule is COC(=O)c1cncc(NC(C)C(CO)SC)n1.